The minimum absolute atomic E-state index is 0.0287. The van der Waals surface area contributed by atoms with Gasteiger partial charge < -0.3 is 14.8 Å². The summed E-state index contributed by atoms with van der Waals surface area (Å²) < 4.78 is 0. The second-order valence-electron chi connectivity index (χ2n) is 8.58. The van der Waals surface area contributed by atoms with Crippen LogP contribution in [0.25, 0.3) is 10.9 Å². The Kier molecular flexibility index (Phi) is 7.10. The molecule has 10 nitrogen and oxygen atoms in total. The largest absolute Gasteiger partial charge is 0.372 e. The average molecular weight is 500 g/mol. The number of amides is 1. The molecular formula is C27H25N5O5. The van der Waals surface area contributed by atoms with Gasteiger partial charge in [0.25, 0.3) is 17.2 Å². The van der Waals surface area contributed by atoms with E-state index in [-0.39, 0.29) is 34.5 Å². The molecule has 0 aliphatic heterocycles. The Bertz CT molecular complexity index is 1580. The van der Waals surface area contributed by atoms with E-state index >= 15 is 0 Å². The molecule has 37 heavy (non-hydrogen) atoms. The lowest BCUT2D eigenvalue weighted by Crippen LogP contribution is -2.33. The topological polar surface area (TPSA) is 130 Å². The Labute approximate surface area is 212 Å². The van der Waals surface area contributed by atoms with Gasteiger partial charge in [0.15, 0.2) is 5.78 Å². The van der Waals surface area contributed by atoms with E-state index in [0.717, 1.165) is 0 Å². The van der Waals surface area contributed by atoms with Gasteiger partial charge in [0, 0.05) is 37.8 Å². The van der Waals surface area contributed by atoms with Crippen molar-refractivity contribution in [3.8, 4) is 0 Å². The summed E-state index contributed by atoms with van der Waals surface area (Å²) in [4.78, 5) is 60.7. The Hall–Kier alpha value is -4.86. The summed E-state index contributed by atoms with van der Waals surface area (Å²) in [6.07, 6.45) is 0. The number of hydrogen-bond acceptors (Lipinski definition) is 7. The molecule has 0 aliphatic carbocycles. The summed E-state index contributed by atoms with van der Waals surface area (Å²) in [5.41, 5.74) is 0.738. The van der Waals surface area contributed by atoms with Crippen LogP contribution in [0.4, 0.5) is 11.4 Å². The Morgan fingerprint density at radius 2 is 1.68 bits per heavy atom. The fraction of sp³-hybridized carbons (Fsp3) is 0.185. The van der Waals surface area contributed by atoms with Gasteiger partial charge in [0.05, 0.1) is 27.9 Å². The molecule has 1 amide bonds. The number of fused-ring (bicyclic) bond motifs is 1. The molecule has 0 saturated carbocycles. The van der Waals surface area contributed by atoms with Crippen molar-refractivity contribution in [3.63, 3.8) is 0 Å². The van der Waals surface area contributed by atoms with Crippen molar-refractivity contribution in [2.45, 2.75) is 13.5 Å². The van der Waals surface area contributed by atoms with Gasteiger partial charge in [0.2, 0.25) is 0 Å². The lowest BCUT2D eigenvalue weighted by Gasteiger charge is -2.22. The van der Waals surface area contributed by atoms with Gasteiger partial charge in [-0.05, 0) is 37.3 Å². The van der Waals surface area contributed by atoms with Gasteiger partial charge in [-0.3, -0.25) is 24.5 Å². The highest BCUT2D eigenvalue weighted by Gasteiger charge is 2.25. The van der Waals surface area contributed by atoms with Crippen LogP contribution in [-0.4, -0.2) is 52.1 Å². The molecular weight excluding hydrogens is 474 g/mol. The smallest absolute Gasteiger partial charge is 0.293 e. The number of H-pyrrole nitrogens is 1. The predicted octanol–water partition coefficient (Wildman–Crippen LogP) is 3.79. The van der Waals surface area contributed by atoms with Crippen molar-refractivity contribution in [2.24, 2.45) is 0 Å². The Morgan fingerprint density at radius 3 is 2.35 bits per heavy atom. The van der Waals surface area contributed by atoms with E-state index in [1.807, 2.05) is 0 Å². The molecule has 10 heteroatoms. The zero-order valence-electron chi connectivity index (χ0n) is 20.6. The molecule has 0 radical (unpaired) electrons. The molecule has 1 aromatic heterocycles. The fourth-order valence-electron chi connectivity index (χ4n) is 4.10. The van der Waals surface area contributed by atoms with Crippen LogP contribution >= 0.6 is 0 Å². The zero-order chi connectivity index (χ0) is 26.7. The molecule has 1 heterocycles. The van der Waals surface area contributed by atoms with E-state index in [4.69, 9.17) is 0 Å². The zero-order valence-corrected chi connectivity index (χ0v) is 20.6. The van der Waals surface area contributed by atoms with Crippen LogP contribution in [0.1, 0.15) is 39.0 Å². The van der Waals surface area contributed by atoms with Crippen LogP contribution in [0.5, 0.6) is 0 Å². The van der Waals surface area contributed by atoms with Crippen LogP contribution in [0.2, 0.25) is 0 Å². The van der Waals surface area contributed by atoms with E-state index < -0.39 is 16.6 Å². The minimum Gasteiger partial charge on any atom is -0.372 e. The monoisotopic (exact) mass is 499 g/mol. The van der Waals surface area contributed by atoms with Crippen LogP contribution in [0.15, 0.2) is 71.5 Å². The highest BCUT2D eigenvalue weighted by Crippen LogP contribution is 2.29. The molecule has 0 fully saturated rings. The average Bonchev–Trinajstić information content (AvgIpc) is 2.90. The summed E-state index contributed by atoms with van der Waals surface area (Å²) in [5, 5.41) is 12.0. The van der Waals surface area contributed by atoms with E-state index in [1.54, 1.807) is 62.3 Å². The third-order valence-corrected chi connectivity index (χ3v) is 5.99. The standard InChI is InChI=1S/C27H25N5O5/c1-4-31(16-24-28-21-12-8-7-11-20(21)26(34)29-24)27(35)19-10-6-5-9-18(19)25(33)17-13-14-22(30(2)3)23(15-17)32(36)37/h5-15H,4,16H2,1-3H3,(H,28,29,34). The first-order valence-electron chi connectivity index (χ1n) is 11.6. The highest BCUT2D eigenvalue weighted by molar-refractivity contribution is 6.15. The van der Waals surface area contributed by atoms with E-state index in [1.165, 1.54) is 35.2 Å². The number of anilines is 1. The molecule has 0 unspecified atom stereocenters. The van der Waals surface area contributed by atoms with Crippen LogP contribution < -0.4 is 10.5 Å². The number of nitro benzene ring substituents is 1. The number of hydrogen-bond donors (Lipinski definition) is 1. The lowest BCUT2D eigenvalue weighted by molar-refractivity contribution is -0.384. The summed E-state index contributed by atoms with van der Waals surface area (Å²) in [5.74, 6) is -0.620. The molecule has 1 N–H and O–H groups in total. The third kappa shape index (κ3) is 5.08. The maximum atomic E-state index is 13.5. The maximum absolute atomic E-state index is 13.5. The number of carbonyl (C=O) groups is 2. The molecule has 3 aromatic carbocycles. The Balaban J connectivity index is 1.68. The molecule has 0 aliphatic rings. The number of para-hydroxylation sites is 1. The maximum Gasteiger partial charge on any atom is 0.293 e. The van der Waals surface area contributed by atoms with Crippen LogP contribution in [0, 0.1) is 10.1 Å². The van der Waals surface area contributed by atoms with Crippen molar-refractivity contribution in [1.82, 2.24) is 14.9 Å². The van der Waals surface area contributed by atoms with Crippen molar-refractivity contribution in [2.75, 3.05) is 25.5 Å². The third-order valence-electron chi connectivity index (χ3n) is 5.99. The van der Waals surface area contributed by atoms with Gasteiger partial charge in [-0.1, -0.05) is 30.3 Å². The molecule has 4 aromatic rings. The summed E-state index contributed by atoms with van der Waals surface area (Å²) >= 11 is 0. The van der Waals surface area contributed by atoms with E-state index in [2.05, 4.69) is 9.97 Å². The Morgan fingerprint density at radius 1 is 1.00 bits per heavy atom. The van der Waals surface area contributed by atoms with Crippen molar-refractivity contribution in [1.29, 1.82) is 0 Å². The second-order valence-corrected chi connectivity index (χ2v) is 8.58. The lowest BCUT2D eigenvalue weighted by atomic mass is 9.96. The van der Waals surface area contributed by atoms with Crippen molar-refractivity contribution < 1.29 is 14.5 Å². The van der Waals surface area contributed by atoms with Gasteiger partial charge in [-0.25, -0.2) is 4.98 Å². The number of aromatic amines is 1. The van der Waals surface area contributed by atoms with E-state index in [0.29, 0.717) is 29.0 Å². The highest BCUT2D eigenvalue weighted by atomic mass is 16.6. The number of nitrogens with zero attached hydrogens (tertiary/aromatic N) is 4. The molecule has 0 spiro atoms. The first-order chi connectivity index (χ1) is 17.7. The number of benzene rings is 3. The van der Waals surface area contributed by atoms with Gasteiger partial charge in [-0.2, -0.15) is 0 Å². The van der Waals surface area contributed by atoms with Crippen molar-refractivity contribution in [3.05, 3.63) is 110 Å². The first kappa shape index (κ1) is 25.2. The number of aromatic nitrogens is 2. The summed E-state index contributed by atoms with van der Waals surface area (Å²) in [6, 6.07) is 17.5. The van der Waals surface area contributed by atoms with Crippen LogP contribution in [-0.2, 0) is 6.54 Å². The van der Waals surface area contributed by atoms with Gasteiger partial charge in [-0.15, -0.1) is 0 Å². The molecule has 188 valence electrons. The molecule has 0 saturated heterocycles. The number of nitrogens with one attached hydrogen (secondary N) is 1. The number of rotatable bonds is 8. The number of nitro groups is 1. The predicted molar refractivity (Wildman–Crippen MR) is 140 cm³/mol. The van der Waals surface area contributed by atoms with Gasteiger partial charge in [0.1, 0.15) is 11.5 Å². The number of carbonyl (C=O) groups excluding carboxylic acids is 2. The molecule has 4 rings (SSSR count). The van der Waals surface area contributed by atoms with Crippen molar-refractivity contribution >= 4 is 34.0 Å². The quantitative estimate of drug-likeness (QED) is 0.222. The first-order valence-corrected chi connectivity index (χ1v) is 11.6. The van der Waals surface area contributed by atoms with E-state index in [9.17, 15) is 24.5 Å². The molecule has 0 atom stereocenters. The van der Waals surface area contributed by atoms with Crippen LogP contribution in [0.3, 0.4) is 0 Å². The SMILES string of the molecule is CCN(Cc1nc2ccccc2c(=O)[nH]1)C(=O)c1ccccc1C(=O)c1ccc(N(C)C)c([N+](=O)[O-])c1. The van der Waals surface area contributed by atoms with Gasteiger partial charge >= 0.3 is 0 Å². The second kappa shape index (κ2) is 10.4. The minimum atomic E-state index is -0.542. The normalized spacial score (nSPS) is 10.8. The number of ketones is 1. The fourth-order valence-corrected chi connectivity index (χ4v) is 4.10. The summed E-state index contributed by atoms with van der Waals surface area (Å²) in [6.45, 7) is 2.10. The molecule has 0 bridgehead atoms. The summed E-state index contributed by atoms with van der Waals surface area (Å²) in [7, 11) is 3.35.